The van der Waals surface area contributed by atoms with Gasteiger partial charge in [-0.2, -0.15) is 5.10 Å². The fourth-order valence-corrected chi connectivity index (χ4v) is 2.80. The summed E-state index contributed by atoms with van der Waals surface area (Å²) in [4.78, 5) is 17.7. The molecule has 2 aromatic heterocycles. The van der Waals surface area contributed by atoms with Crippen molar-refractivity contribution in [1.29, 1.82) is 0 Å². The number of ether oxygens (including phenoxy) is 1. The fraction of sp³-hybridized carbons (Fsp3) is 0.389. The summed E-state index contributed by atoms with van der Waals surface area (Å²) in [5, 5.41) is 4.92. The van der Waals surface area contributed by atoms with Gasteiger partial charge in [-0.15, -0.1) is 0 Å². The predicted octanol–water partition coefficient (Wildman–Crippen LogP) is 2.74. The van der Waals surface area contributed by atoms with Crippen LogP contribution in [0.4, 0.5) is 0 Å². The molecule has 2 heterocycles. The molecule has 0 aliphatic heterocycles. The second-order valence-corrected chi connectivity index (χ2v) is 6.06. The highest BCUT2D eigenvalue weighted by atomic mass is 16.5. The summed E-state index contributed by atoms with van der Waals surface area (Å²) in [6.45, 7) is 5.30. The molecule has 1 aromatic carbocycles. The average molecular weight is 326 g/mol. The van der Waals surface area contributed by atoms with Crippen molar-refractivity contribution in [2.75, 3.05) is 13.7 Å². The Balaban J connectivity index is 2.16. The van der Waals surface area contributed by atoms with Crippen molar-refractivity contribution in [3.8, 4) is 5.69 Å². The minimum atomic E-state index is -0.0398. The minimum absolute atomic E-state index is 0.0398. The average Bonchev–Trinajstić information content (AvgIpc) is 3.01. The second kappa shape index (κ2) is 6.97. The molecule has 0 saturated heterocycles. The molecule has 0 aliphatic carbocycles. The largest absolute Gasteiger partial charge is 0.385 e. The highest BCUT2D eigenvalue weighted by Gasteiger charge is 2.17. The molecule has 6 heteroatoms. The predicted molar refractivity (Wildman–Crippen MR) is 93.7 cm³/mol. The number of benzene rings is 1. The zero-order valence-electron chi connectivity index (χ0n) is 14.3. The van der Waals surface area contributed by atoms with Crippen LogP contribution in [0, 0.1) is 0 Å². The Labute approximate surface area is 140 Å². The van der Waals surface area contributed by atoms with Crippen LogP contribution in [0.3, 0.4) is 0 Å². The lowest BCUT2D eigenvalue weighted by atomic mass is 10.2. The van der Waals surface area contributed by atoms with Crippen LogP contribution in [0.25, 0.3) is 16.7 Å². The van der Waals surface area contributed by atoms with Gasteiger partial charge >= 0.3 is 0 Å². The smallest absolute Gasteiger partial charge is 0.264 e. The summed E-state index contributed by atoms with van der Waals surface area (Å²) >= 11 is 0. The van der Waals surface area contributed by atoms with Gasteiger partial charge in [-0.25, -0.2) is 9.67 Å². The normalized spacial score (nSPS) is 11.5. The maximum atomic E-state index is 12.9. The lowest BCUT2D eigenvalue weighted by molar-refractivity contribution is 0.189. The topological polar surface area (TPSA) is 61.9 Å². The standard InChI is InChI=1S/C18H22N4O2/c1-13(2)16-20-17-15(18(23)21(16)10-7-11-24-3)12-19-22(17)14-8-5-4-6-9-14/h4-6,8-9,12-13H,7,10-11H2,1-3H3. The zero-order chi connectivity index (χ0) is 17.1. The van der Waals surface area contributed by atoms with Crippen molar-refractivity contribution in [2.45, 2.75) is 32.7 Å². The van der Waals surface area contributed by atoms with Crippen molar-refractivity contribution < 1.29 is 4.74 Å². The van der Waals surface area contributed by atoms with Crippen LogP contribution in [-0.4, -0.2) is 33.0 Å². The quantitative estimate of drug-likeness (QED) is 0.654. The summed E-state index contributed by atoms with van der Waals surface area (Å²) in [5.74, 6) is 0.921. The number of nitrogens with zero attached hydrogens (tertiary/aromatic N) is 4. The van der Waals surface area contributed by atoms with Gasteiger partial charge in [0.2, 0.25) is 0 Å². The molecule has 0 amide bonds. The second-order valence-electron chi connectivity index (χ2n) is 6.06. The molecular formula is C18H22N4O2. The molecule has 6 nitrogen and oxygen atoms in total. The third-order valence-corrected chi connectivity index (χ3v) is 3.96. The summed E-state index contributed by atoms with van der Waals surface area (Å²) in [7, 11) is 1.66. The van der Waals surface area contributed by atoms with Crippen LogP contribution >= 0.6 is 0 Å². The van der Waals surface area contributed by atoms with Crippen molar-refractivity contribution in [3.05, 3.63) is 52.7 Å². The molecule has 24 heavy (non-hydrogen) atoms. The van der Waals surface area contributed by atoms with Crippen molar-refractivity contribution in [3.63, 3.8) is 0 Å². The molecule has 0 unspecified atom stereocenters. The van der Waals surface area contributed by atoms with Crippen LogP contribution in [0.15, 0.2) is 41.3 Å². The van der Waals surface area contributed by atoms with E-state index in [4.69, 9.17) is 9.72 Å². The number of hydrogen-bond donors (Lipinski definition) is 0. The van der Waals surface area contributed by atoms with E-state index in [1.807, 2.05) is 44.2 Å². The van der Waals surface area contributed by atoms with Gasteiger partial charge in [0.25, 0.3) is 5.56 Å². The summed E-state index contributed by atoms with van der Waals surface area (Å²) < 4.78 is 8.58. The van der Waals surface area contributed by atoms with Gasteiger partial charge in [0, 0.05) is 26.2 Å². The first-order valence-corrected chi connectivity index (χ1v) is 8.16. The van der Waals surface area contributed by atoms with E-state index in [1.54, 1.807) is 22.6 Å². The van der Waals surface area contributed by atoms with E-state index >= 15 is 0 Å². The molecule has 0 aliphatic rings. The maximum Gasteiger partial charge on any atom is 0.264 e. The van der Waals surface area contributed by atoms with Gasteiger partial charge in [-0.05, 0) is 18.6 Å². The third kappa shape index (κ3) is 2.97. The van der Waals surface area contributed by atoms with Crippen molar-refractivity contribution in [2.24, 2.45) is 0 Å². The first-order chi connectivity index (χ1) is 11.6. The highest BCUT2D eigenvalue weighted by molar-refractivity contribution is 5.75. The number of aromatic nitrogens is 4. The highest BCUT2D eigenvalue weighted by Crippen LogP contribution is 2.18. The van der Waals surface area contributed by atoms with Gasteiger partial charge < -0.3 is 4.74 Å². The van der Waals surface area contributed by atoms with Gasteiger partial charge in [-0.1, -0.05) is 32.0 Å². The Hall–Kier alpha value is -2.47. The number of rotatable bonds is 6. The molecule has 0 bridgehead atoms. The number of para-hydroxylation sites is 1. The molecule has 126 valence electrons. The Morgan fingerprint density at radius 1 is 1.21 bits per heavy atom. The van der Waals surface area contributed by atoms with Crippen LogP contribution < -0.4 is 5.56 Å². The van der Waals surface area contributed by atoms with E-state index in [9.17, 15) is 4.79 Å². The first kappa shape index (κ1) is 16.4. The lowest BCUT2D eigenvalue weighted by Crippen LogP contribution is -2.26. The first-order valence-electron chi connectivity index (χ1n) is 8.16. The molecule has 0 saturated carbocycles. The molecule has 0 atom stereocenters. The van der Waals surface area contributed by atoms with Crippen LogP contribution in [0.2, 0.25) is 0 Å². The monoisotopic (exact) mass is 326 g/mol. The van der Waals surface area contributed by atoms with Gasteiger partial charge in [0.1, 0.15) is 11.2 Å². The van der Waals surface area contributed by atoms with E-state index in [0.717, 1.165) is 17.9 Å². The van der Waals surface area contributed by atoms with Crippen LogP contribution in [0.1, 0.15) is 32.0 Å². The number of fused-ring (bicyclic) bond motifs is 1. The minimum Gasteiger partial charge on any atom is -0.385 e. The summed E-state index contributed by atoms with van der Waals surface area (Å²) in [5.41, 5.74) is 1.46. The van der Waals surface area contributed by atoms with Crippen molar-refractivity contribution in [1.82, 2.24) is 19.3 Å². The molecule has 0 fully saturated rings. The Morgan fingerprint density at radius 3 is 2.62 bits per heavy atom. The maximum absolute atomic E-state index is 12.9. The van der Waals surface area contributed by atoms with Crippen molar-refractivity contribution >= 4 is 11.0 Å². The molecule has 3 rings (SSSR count). The van der Waals surface area contributed by atoms with Crippen LogP contribution in [-0.2, 0) is 11.3 Å². The number of hydrogen-bond acceptors (Lipinski definition) is 4. The number of methoxy groups -OCH3 is 1. The van der Waals surface area contributed by atoms with Gasteiger partial charge in [0.05, 0.1) is 11.9 Å². The molecule has 0 spiro atoms. The Kier molecular flexibility index (Phi) is 4.76. The fourth-order valence-electron chi connectivity index (χ4n) is 2.80. The Bertz CT molecular complexity index is 881. The van der Waals surface area contributed by atoms with Gasteiger partial charge in [-0.3, -0.25) is 9.36 Å². The Morgan fingerprint density at radius 2 is 1.96 bits per heavy atom. The zero-order valence-corrected chi connectivity index (χ0v) is 14.3. The van der Waals surface area contributed by atoms with E-state index in [1.165, 1.54) is 0 Å². The van der Waals surface area contributed by atoms with Crippen LogP contribution in [0.5, 0.6) is 0 Å². The van der Waals surface area contributed by atoms with E-state index in [2.05, 4.69) is 5.10 Å². The third-order valence-electron chi connectivity index (χ3n) is 3.96. The SMILES string of the molecule is COCCCn1c(C(C)C)nc2c(cnn2-c2ccccc2)c1=O. The van der Waals surface area contributed by atoms with E-state index in [-0.39, 0.29) is 11.5 Å². The molecular weight excluding hydrogens is 304 g/mol. The molecule has 3 aromatic rings. The summed E-state index contributed by atoms with van der Waals surface area (Å²) in [6.07, 6.45) is 2.38. The molecule has 0 radical (unpaired) electrons. The summed E-state index contributed by atoms with van der Waals surface area (Å²) in [6, 6.07) is 9.74. The van der Waals surface area contributed by atoms with E-state index in [0.29, 0.717) is 24.2 Å². The van der Waals surface area contributed by atoms with Gasteiger partial charge in [0.15, 0.2) is 5.65 Å². The van der Waals surface area contributed by atoms with E-state index < -0.39 is 0 Å². The molecule has 0 N–H and O–H groups in total. The lowest BCUT2D eigenvalue weighted by Gasteiger charge is -2.15.